The first-order chi connectivity index (χ1) is 13.0. The lowest BCUT2D eigenvalue weighted by Crippen LogP contribution is -2.43. The molecule has 3 heterocycles. The van der Waals surface area contributed by atoms with Gasteiger partial charge in [-0.15, -0.1) is 0 Å². The smallest absolute Gasteiger partial charge is 0.326 e. The molecule has 2 saturated heterocycles. The summed E-state index contributed by atoms with van der Waals surface area (Å²) in [6, 6.07) is 3.62. The van der Waals surface area contributed by atoms with E-state index in [-0.39, 0.29) is 17.2 Å². The molecule has 3 fully saturated rings. The molecule has 0 aromatic carbocycles. The average Bonchev–Trinajstić information content (AvgIpc) is 3.46. The molecule has 0 radical (unpaired) electrons. The molecule has 146 valence electrons. The molecule has 6 nitrogen and oxygen atoms in total. The number of carboxylic acids is 1. The minimum atomic E-state index is -0.844. The quantitative estimate of drug-likeness (QED) is 0.860. The van der Waals surface area contributed by atoms with Crippen LogP contribution in [0.3, 0.4) is 0 Å². The van der Waals surface area contributed by atoms with Gasteiger partial charge in [-0.05, 0) is 68.7 Å². The number of carbonyl (C=O) groups is 2. The van der Waals surface area contributed by atoms with E-state index in [0.29, 0.717) is 13.0 Å². The number of rotatable bonds is 5. The maximum atomic E-state index is 12.6. The summed E-state index contributed by atoms with van der Waals surface area (Å²) in [6.07, 6.45) is 7.32. The van der Waals surface area contributed by atoms with E-state index in [4.69, 9.17) is 0 Å². The number of pyridine rings is 1. The Balaban J connectivity index is 1.37. The first kappa shape index (κ1) is 18.4. The summed E-state index contributed by atoms with van der Waals surface area (Å²) < 4.78 is 0. The second-order valence-corrected chi connectivity index (χ2v) is 8.59. The molecule has 1 spiro atoms. The third-order valence-corrected chi connectivity index (χ3v) is 6.60. The van der Waals surface area contributed by atoms with Gasteiger partial charge in [-0.25, -0.2) is 4.79 Å². The molecule has 4 rings (SSSR count). The Labute approximate surface area is 160 Å². The zero-order chi connectivity index (χ0) is 19.0. The van der Waals surface area contributed by atoms with Crippen molar-refractivity contribution < 1.29 is 14.7 Å². The molecule has 0 bridgehead atoms. The highest BCUT2D eigenvalue weighted by Gasteiger charge is 2.51. The van der Waals surface area contributed by atoms with Crippen molar-refractivity contribution in [3.63, 3.8) is 0 Å². The maximum absolute atomic E-state index is 12.6. The zero-order valence-corrected chi connectivity index (χ0v) is 16.1. The Morgan fingerprint density at radius 1 is 1.26 bits per heavy atom. The molecule has 1 saturated carbocycles. The van der Waals surface area contributed by atoms with Crippen molar-refractivity contribution in [3.05, 3.63) is 29.6 Å². The number of carbonyl (C=O) groups excluding carboxylic acids is 1. The first-order valence-corrected chi connectivity index (χ1v) is 10.2. The predicted molar refractivity (Wildman–Crippen MR) is 101 cm³/mol. The van der Waals surface area contributed by atoms with Crippen LogP contribution in [0.4, 0.5) is 0 Å². The van der Waals surface area contributed by atoms with Crippen molar-refractivity contribution in [2.75, 3.05) is 19.6 Å². The van der Waals surface area contributed by atoms with Gasteiger partial charge in [-0.1, -0.05) is 13.0 Å². The van der Waals surface area contributed by atoms with Gasteiger partial charge in [0.15, 0.2) is 0 Å². The number of hydrogen-bond donors (Lipinski definition) is 1. The normalized spacial score (nSPS) is 25.1. The second-order valence-electron chi connectivity index (χ2n) is 8.59. The lowest BCUT2D eigenvalue weighted by atomic mass is 9.76. The number of nitrogens with zero attached hydrogens (tertiary/aromatic N) is 3. The van der Waals surface area contributed by atoms with Gasteiger partial charge >= 0.3 is 5.97 Å². The third kappa shape index (κ3) is 3.86. The van der Waals surface area contributed by atoms with Crippen LogP contribution in [-0.4, -0.2) is 57.4 Å². The molecule has 1 atom stereocenters. The Kier molecular flexibility index (Phi) is 4.93. The SMILES string of the molecule is CCc1ccc(CN2CCC3(CC2)C[C@H](C(=O)O)N(C(=O)C2CC2)C3)nc1. The van der Waals surface area contributed by atoms with Crippen LogP contribution in [0.25, 0.3) is 0 Å². The topological polar surface area (TPSA) is 73.7 Å². The van der Waals surface area contributed by atoms with Crippen LogP contribution in [0, 0.1) is 11.3 Å². The minimum absolute atomic E-state index is 0.0242. The van der Waals surface area contributed by atoms with Gasteiger partial charge in [-0.3, -0.25) is 14.7 Å². The van der Waals surface area contributed by atoms with Gasteiger partial charge in [0.25, 0.3) is 0 Å². The van der Waals surface area contributed by atoms with Crippen molar-refractivity contribution >= 4 is 11.9 Å². The summed E-state index contributed by atoms with van der Waals surface area (Å²) in [4.78, 5) is 32.9. The maximum Gasteiger partial charge on any atom is 0.326 e. The second kappa shape index (κ2) is 7.23. The molecule has 1 amide bonds. The van der Waals surface area contributed by atoms with Gasteiger partial charge in [0.1, 0.15) is 6.04 Å². The minimum Gasteiger partial charge on any atom is -0.480 e. The standard InChI is InChI=1S/C21H29N3O3/c1-2-15-3-6-17(22-12-15)13-23-9-7-21(8-10-23)11-18(20(26)27)24(14-21)19(25)16-4-5-16/h3,6,12,16,18H,2,4-5,7-11,13-14H2,1H3,(H,26,27)/t18-/m1/s1. The van der Waals surface area contributed by atoms with E-state index < -0.39 is 12.0 Å². The van der Waals surface area contributed by atoms with Gasteiger partial charge in [0.05, 0.1) is 5.69 Å². The van der Waals surface area contributed by atoms with Crippen LogP contribution in [0.2, 0.25) is 0 Å². The van der Waals surface area contributed by atoms with Crippen LogP contribution < -0.4 is 0 Å². The number of aliphatic carboxylic acids is 1. The van der Waals surface area contributed by atoms with E-state index >= 15 is 0 Å². The Morgan fingerprint density at radius 3 is 2.56 bits per heavy atom. The Morgan fingerprint density at radius 2 is 2.00 bits per heavy atom. The van der Waals surface area contributed by atoms with E-state index in [2.05, 4.69) is 28.9 Å². The summed E-state index contributed by atoms with van der Waals surface area (Å²) in [6.45, 7) is 5.47. The van der Waals surface area contributed by atoms with Crippen molar-refractivity contribution in [1.82, 2.24) is 14.8 Å². The summed E-state index contributed by atoms with van der Waals surface area (Å²) in [7, 11) is 0. The largest absolute Gasteiger partial charge is 0.480 e. The van der Waals surface area contributed by atoms with E-state index in [1.54, 1.807) is 4.90 Å². The lowest BCUT2D eigenvalue weighted by Gasteiger charge is -2.39. The van der Waals surface area contributed by atoms with E-state index in [0.717, 1.165) is 57.4 Å². The summed E-state index contributed by atoms with van der Waals surface area (Å²) >= 11 is 0. The highest BCUT2D eigenvalue weighted by molar-refractivity contribution is 5.87. The number of piperidine rings is 1. The average molecular weight is 371 g/mol. The molecular formula is C21H29N3O3. The van der Waals surface area contributed by atoms with Crippen molar-refractivity contribution in [2.45, 2.75) is 58.0 Å². The van der Waals surface area contributed by atoms with Gasteiger partial charge < -0.3 is 10.0 Å². The summed E-state index contributed by atoms with van der Waals surface area (Å²) in [5.74, 6) is -0.690. The van der Waals surface area contributed by atoms with Crippen LogP contribution in [0.15, 0.2) is 18.3 Å². The van der Waals surface area contributed by atoms with E-state index in [9.17, 15) is 14.7 Å². The third-order valence-electron chi connectivity index (χ3n) is 6.60. The number of likely N-dealkylation sites (tertiary alicyclic amines) is 2. The van der Waals surface area contributed by atoms with E-state index in [1.807, 2.05) is 6.20 Å². The van der Waals surface area contributed by atoms with Gasteiger partial charge in [0, 0.05) is 25.2 Å². The fourth-order valence-electron chi connectivity index (χ4n) is 4.61. The Hall–Kier alpha value is -1.95. The molecule has 1 aliphatic carbocycles. The van der Waals surface area contributed by atoms with Crippen LogP contribution in [-0.2, 0) is 22.6 Å². The lowest BCUT2D eigenvalue weighted by molar-refractivity contribution is -0.148. The molecule has 0 unspecified atom stereocenters. The highest BCUT2D eigenvalue weighted by atomic mass is 16.4. The number of hydrogen-bond acceptors (Lipinski definition) is 4. The molecule has 1 N–H and O–H groups in total. The molecular weight excluding hydrogens is 342 g/mol. The number of amides is 1. The first-order valence-electron chi connectivity index (χ1n) is 10.2. The van der Waals surface area contributed by atoms with E-state index in [1.165, 1.54) is 5.56 Å². The summed E-state index contributed by atoms with van der Waals surface area (Å²) in [5.41, 5.74) is 2.31. The van der Waals surface area contributed by atoms with Gasteiger partial charge in [0.2, 0.25) is 5.91 Å². The molecule has 3 aliphatic rings. The van der Waals surface area contributed by atoms with Crippen molar-refractivity contribution in [3.8, 4) is 0 Å². The monoisotopic (exact) mass is 371 g/mol. The van der Waals surface area contributed by atoms with Crippen molar-refractivity contribution in [2.24, 2.45) is 11.3 Å². The van der Waals surface area contributed by atoms with Crippen LogP contribution in [0.5, 0.6) is 0 Å². The number of aryl methyl sites for hydroxylation is 1. The summed E-state index contributed by atoms with van der Waals surface area (Å²) in [5, 5.41) is 9.63. The fourth-order valence-corrected chi connectivity index (χ4v) is 4.61. The molecule has 27 heavy (non-hydrogen) atoms. The molecule has 2 aliphatic heterocycles. The predicted octanol–water partition coefficient (Wildman–Crippen LogP) is 2.32. The molecule has 6 heteroatoms. The molecule has 1 aromatic rings. The number of carboxylic acid groups (broad SMARTS) is 1. The van der Waals surface area contributed by atoms with Crippen LogP contribution in [0.1, 0.15) is 50.3 Å². The van der Waals surface area contributed by atoms with Crippen molar-refractivity contribution in [1.29, 1.82) is 0 Å². The fraction of sp³-hybridized carbons (Fsp3) is 0.667. The highest BCUT2D eigenvalue weighted by Crippen LogP contribution is 2.45. The van der Waals surface area contributed by atoms with Crippen LogP contribution >= 0.6 is 0 Å². The van der Waals surface area contributed by atoms with Gasteiger partial charge in [-0.2, -0.15) is 0 Å². The zero-order valence-electron chi connectivity index (χ0n) is 16.1. The molecule has 1 aromatic heterocycles. The Bertz CT molecular complexity index is 706. The number of aromatic nitrogens is 1.